The van der Waals surface area contributed by atoms with Gasteiger partial charge in [-0.15, -0.1) is 0 Å². The molecule has 0 amide bonds. The van der Waals surface area contributed by atoms with Crippen molar-refractivity contribution in [1.29, 1.82) is 5.26 Å². The van der Waals surface area contributed by atoms with Crippen LogP contribution in [0.5, 0.6) is 0 Å². The smallest absolute Gasteiger partial charge is 0.142 e. The van der Waals surface area contributed by atoms with Gasteiger partial charge >= 0.3 is 0 Å². The molecular formula is C20H17N3. The first-order chi connectivity index (χ1) is 11.1. The SMILES string of the molecule is Cc1cccc(-c2cc(-c3ccccc3C)c(C#N)c(N)n2)c1. The number of hydrogen-bond acceptors (Lipinski definition) is 3. The molecule has 0 radical (unpaired) electrons. The third kappa shape index (κ3) is 2.79. The molecule has 3 nitrogen and oxygen atoms in total. The fraction of sp³-hybridized carbons (Fsp3) is 0.100. The normalized spacial score (nSPS) is 10.3. The molecule has 0 aliphatic rings. The number of rotatable bonds is 2. The van der Waals surface area contributed by atoms with Crippen LogP contribution in [-0.2, 0) is 0 Å². The summed E-state index contributed by atoms with van der Waals surface area (Å²) < 4.78 is 0. The molecule has 1 aromatic heterocycles. The molecule has 0 saturated heterocycles. The fourth-order valence-electron chi connectivity index (χ4n) is 2.72. The highest BCUT2D eigenvalue weighted by atomic mass is 14.8. The minimum Gasteiger partial charge on any atom is -0.383 e. The van der Waals surface area contributed by atoms with Gasteiger partial charge in [-0.25, -0.2) is 4.98 Å². The van der Waals surface area contributed by atoms with Gasteiger partial charge in [0.25, 0.3) is 0 Å². The molecule has 0 saturated carbocycles. The molecule has 0 bridgehead atoms. The summed E-state index contributed by atoms with van der Waals surface area (Å²) in [5.74, 6) is 0.268. The quantitative estimate of drug-likeness (QED) is 0.758. The molecule has 0 aliphatic heterocycles. The number of nitrogen functional groups attached to an aromatic ring is 1. The minimum absolute atomic E-state index is 0.268. The number of benzene rings is 2. The van der Waals surface area contributed by atoms with Gasteiger partial charge in [0, 0.05) is 11.1 Å². The van der Waals surface area contributed by atoms with Crippen LogP contribution >= 0.6 is 0 Å². The van der Waals surface area contributed by atoms with Gasteiger partial charge in [0.1, 0.15) is 17.5 Å². The number of hydrogen-bond donors (Lipinski definition) is 1. The summed E-state index contributed by atoms with van der Waals surface area (Å²) in [4.78, 5) is 4.43. The molecule has 112 valence electrons. The van der Waals surface area contributed by atoms with E-state index in [0.717, 1.165) is 33.5 Å². The van der Waals surface area contributed by atoms with E-state index in [9.17, 15) is 5.26 Å². The first-order valence-corrected chi connectivity index (χ1v) is 7.44. The average molecular weight is 299 g/mol. The molecular weight excluding hydrogens is 282 g/mol. The Hall–Kier alpha value is -3.12. The van der Waals surface area contributed by atoms with E-state index in [1.54, 1.807) is 0 Å². The number of nitrogens with two attached hydrogens (primary N) is 1. The summed E-state index contributed by atoms with van der Waals surface area (Å²) in [7, 11) is 0. The zero-order valence-electron chi connectivity index (χ0n) is 13.2. The topological polar surface area (TPSA) is 62.7 Å². The van der Waals surface area contributed by atoms with E-state index in [1.165, 1.54) is 0 Å². The van der Waals surface area contributed by atoms with Crippen molar-refractivity contribution in [2.75, 3.05) is 5.73 Å². The second kappa shape index (κ2) is 5.94. The number of pyridine rings is 1. The Morgan fingerprint density at radius 3 is 2.43 bits per heavy atom. The maximum absolute atomic E-state index is 9.49. The third-order valence-electron chi connectivity index (χ3n) is 3.91. The summed E-state index contributed by atoms with van der Waals surface area (Å²) in [6.07, 6.45) is 0. The highest BCUT2D eigenvalue weighted by molar-refractivity contribution is 5.81. The van der Waals surface area contributed by atoms with Crippen molar-refractivity contribution in [1.82, 2.24) is 4.98 Å². The van der Waals surface area contributed by atoms with E-state index >= 15 is 0 Å². The van der Waals surface area contributed by atoms with E-state index in [1.807, 2.05) is 62.4 Å². The number of aromatic nitrogens is 1. The van der Waals surface area contributed by atoms with Crippen molar-refractivity contribution in [2.24, 2.45) is 0 Å². The van der Waals surface area contributed by atoms with Crippen LogP contribution in [0.25, 0.3) is 22.4 Å². The molecule has 1 heterocycles. The third-order valence-corrected chi connectivity index (χ3v) is 3.91. The monoisotopic (exact) mass is 299 g/mol. The predicted molar refractivity (Wildman–Crippen MR) is 93.7 cm³/mol. The lowest BCUT2D eigenvalue weighted by molar-refractivity contribution is 1.30. The Balaban J connectivity index is 2.27. The highest BCUT2D eigenvalue weighted by Crippen LogP contribution is 2.32. The van der Waals surface area contributed by atoms with Crippen LogP contribution in [-0.4, -0.2) is 4.98 Å². The Morgan fingerprint density at radius 1 is 0.957 bits per heavy atom. The maximum Gasteiger partial charge on any atom is 0.142 e. The molecule has 0 unspecified atom stereocenters. The number of anilines is 1. The number of nitriles is 1. The molecule has 2 aromatic carbocycles. The fourth-order valence-corrected chi connectivity index (χ4v) is 2.72. The van der Waals surface area contributed by atoms with Crippen LogP contribution in [0.1, 0.15) is 16.7 Å². The average Bonchev–Trinajstić information content (AvgIpc) is 2.54. The van der Waals surface area contributed by atoms with E-state index in [0.29, 0.717) is 5.56 Å². The highest BCUT2D eigenvalue weighted by Gasteiger charge is 2.14. The van der Waals surface area contributed by atoms with Crippen molar-refractivity contribution >= 4 is 5.82 Å². The first kappa shape index (κ1) is 14.8. The van der Waals surface area contributed by atoms with Gasteiger partial charge < -0.3 is 5.73 Å². The van der Waals surface area contributed by atoms with Gasteiger partial charge in [-0.05, 0) is 37.1 Å². The van der Waals surface area contributed by atoms with Crippen LogP contribution in [0.4, 0.5) is 5.82 Å². The van der Waals surface area contributed by atoms with Crippen molar-refractivity contribution in [3.8, 4) is 28.5 Å². The molecule has 3 aromatic rings. The summed E-state index contributed by atoms with van der Waals surface area (Å²) in [5, 5.41) is 9.49. The number of aryl methyl sites for hydroxylation is 2. The first-order valence-electron chi connectivity index (χ1n) is 7.44. The Bertz CT molecular complexity index is 920. The van der Waals surface area contributed by atoms with Gasteiger partial charge in [0.2, 0.25) is 0 Å². The van der Waals surface area contributed by atoms with E-state index in [-0.39, 0.29) is 5.82 Å². The van der Waals surface area contributed by atoms with Crippen molar-refractivity contribution in [3.05, 3.63) is 71.3 Å². The van der Waals surface area contributed by atoms with Crippen LogP contribution < -0.4 is 5.73 Å². The molecule has 0 spiro atoms. The summed E-state index contributed by atoms with van der Waals surface area (Å²) in [5.41, 5.74) is 12.4. The molecule has 23 heavy (non-hydrogen) atoms. The second-order valence-corrected chi connectivity index (χ2v) is 5.61. The van der Waals surface area contributed by atoms with Crippen LogP contribution in [0, 0.1) is 25.2 Å². The lowest BCUT2D eigenvalue weighted by Crippen LogP contribution is -2.00. The molecule has 3 heteroatoms. The summed E-state index contributed by atoms with van der Waals surface area (Å²) >= 11 is 0. The van der Waals surface area contributed by atoms with E-state index < -0.39 is 0 Å². The lowest BCUT2D eigenvalue weighted by atomic mass is 9.95. The molecule has 3 rings (SSSR count). The van der Waals surface area contributed by atoms with Gasteiger partial charge in [0.05, 0.1) is 5.69 Å². The van der Waals surface area contributed by atoms with Gasteiger partial charge in [0.15, 0.2) is 0 Å². The Morgan fingerprint density at radius 2 is 1.74 bits per heavy atom. The zero-order valence-corrected chi connectivity index (χ0v) is 13.2. The van der Waals surface area contributed by atoms with E-state index in [4.69, 9.17) is 5.73 Å². The summed E-state index contributed by atoms with van der Waals surface area (Å²) in [6, 6.07) is 20.2. The zero-order chi connectivity index (χ0) is 16.4. The van der Waals surface area contributed by atoms with Gasteiger partial charge in [-0.1, -0.05) is 48.0 Å². The molecule has 0 aliphatic carbocycles. The van der Waals surface area contributed by atoms with Crippen LogP contribution in [0.15, 0.2) is 54.6 Å². The molecule has 2 N–H and O–H groups in total. The van der Waals surface area contributed by atoms with Gasteiger partial charge in [-0.2, -0.15) is 5.26 Å². The Kier molecular flexibility index (Phi) is 3.82. The molecule has 0 atom stereocenters. The van der Waals surface area contributed by atoms with Crippen molar-refractivity contribution < 1.29 is 0 Å². The lowest BCUT2D eigenvalue weighted by Gasteiger charge is -2.12. The standard InChI is InChI=1S/C20H17N3/c1-13-6-5-8-15(10-13)19-11-17(18(12-21)20(22)23-19)16-9-4-3-7-14(16)2/h3-11H,1-2H3,(H2,22,23). The van der Waals surface area contributed by atoms with Gasteiger partial charge in [-0.3, -0.25) is 0 Å². The van der Waals surface area contributed by atoms with Crippen LogP contribution in [0.3, 0.4) is 0 Å². The van der Waals surface area contributed by atoms with E-state index in [2.05, 4.69) is 17.1 Å². The predicted octanol–water partition coefficient (Wildman–Crippen LogP) is 4.49. The maximum atomic E-state index is 9.49. The minimum atomic E-state index is 0.268. The largest absolute Gasteiger partial charge is 0.383 e. The Labute approximate surface area is 136 Å². The van der Waals surface area contributed by atoms with Crippen LogP contribution in [0.2, 0.25) is 0 Å². The molecule has 0 fully saturated rings. The summed E-state index contributed by atoms with van der Waals surface area (Å²) in [6.45, 7) is 4.07. The second-order valence-electron chi connectivity index (χ2n) is 5.61. The van der Waals surface area contributed by atoms with Crippen molar-refractivity contribution in [3.63, 3.8) is 0 Å². The number of nitrogens with zero attached hydrogens (tertiary/aromatic N) is 2. The van der Waals surface area contributed by atoms with Crippen molar-refractivity contribution in [2.45, 2.75) is 13.8 Å².